The summed E-state index contributed by atoms with van der Waals surface area (Å²) in [5.74, 6) is -0.683. The van der Waals surface area contributed by atoms with Gasteiger partial charge in [-0.25, -0.2) is 4.79 Å². The molecular weight excluding hydrogens is 210 g/mol. The van der Waals surface area contributed by atoms with Gasteiger partial charge in [0, 0.05) is 32.4 Å². The maximum atomic E-state index is 11.6. The van der Waals surface area contributed by atoms with Gasteiger partial charge in [-0.05, 0) is 6.92 Å². The predicted molar refractivity (Wildman–Crippen MR) is 58.5 cm³/mol. The largest absolute Gasteiger partial charge is 0.507 e. The van der Waals surface area contributed by atoms with E-state index in [0.29, 0.717) is 0 Å². The van der Waals surface area contributed by atoms with Crippen molar-refractivity contribution in [3.8, 4) is 5.75 Å². The van der Waals surface area contributed by atoms with E-state index in [4.69, 9.17) is 4.42 Å². The van der Waals surface area contributed by atoms with Crippen LogP contribution in [0.5, 0.6) is 5.75 Å². The van der Waals surface area contributed by atoms with E-state index in [2.05, 4.69) is 0 Å². The van der Waals surface area contributed by atoms with Crippen LogP contribution in [0.4, 0.5) is 0 Å². The second kappa shape index (κ2) is 4.65. The Balaban J connectivity index is 3.15. The molecule has 1 rings (SSSR count). The molecule has 1 N–H and O–H groups in total. The van der Waals surface area contributed by atoms with Gasteiger partial charge in [0.25, 0.3) is 0 Å². The fourth-order valence-electron chi connectivity index (χ4n) is 1.12. The third-order valence-corrected chi connectivity index (χ3v) is 1.82. The molecule has 1 aromatic heterocycles. The lowest BCUT2D eigenvalue weighted by atomic mass is 10.1. The molecule has 0 aliphatic heterocycles. The topological polar surface area (TPSA) is 70.8 Å². The molecule has 0 saturated carbocycles. The van der Waals surface area contributed by atoms with Crippen LogP contribution >= 0.6 is 0 Å². The summed E-state index contributed by atoms with van der Waals surface area (Å²) >= 11 is 0. The first-order chi connectivity index (χ1) is 7.41. The van der Waals surface area contributed by atoms with E-state index < -0.39 is 11.4 Å². The molecule has 0 saturated heterocycles. The molecule has 0 amide bonds. The van der Waals surface area contributed by atoms with Gasteiger partial charge in [-0.2, -0.15) is 0 Å². The lowest BCUT2D eigenvalue weighted by Crippen LogP contribution is -2.14. The first-order valence-electron chi connectivity index (χ1n) is 4.64. The molecule has 1 aromatic rings. The summed E-state index contributed by atoms with van der Waals surface area (Å²) in [6.45, 7) is 1.52. The van der Waals surface area contributed by atoms with Crippen LogP contribution in [0.1, 0.15) is 16.1 Å². The van der Waals surface area contributed by atoms with E-state index >= 15 is 0 Å². The van der Waals surface area contributed by atoms with Crippen LogP contribution < -0.4 is 5.63 Å². The highest BCUT2D eigenvalue weighted by molar-refractivity contribution is 6.05. The zero-order chi connectivity index (χ0) is 12.3. The molecule has 0 unspecified atom stereocenters. The molecule has 86 valence electrons. The minimum absolute atomic E-state index is 0.260. The van der Waals surface area contributed by atoms with Crippen LogP contribution in [0, 0.1) is 6.92 Å². The second-order valence-corrected chi connectivity index (χ2v) is 3.55. The van der Waals surface area contributed by atoms with Gasteiger partial charge in [0.2, 0.25) is 0 Å². The van der Waals surface area contributed by atoms with Gasteiger partial charge in [-0.3, -0.25) is 4.79 Å². The number of hydrogen-bond acceptors (Lipinski definition) is 5. The molecule has 0 aromatic carbocycles. The van der Waals surface area contributed by atoms with E-state index in [1.54, 1.807) is 19.0 Å². The number of hydrogen-bond donors (Lipinski definition) is 1. The van der Waals surface area contributed by atoms with Crippen molar-refractivity contribution < 1.29 is 14.3 Å². The molecule has 0 fully saturated rings. The van der Waals surface area contributed by atoms with Crippen molar-refractivity contribution in [3.63, 3.8) is 0 Å². The number of nitrogens with zero attached hydrogens (tertiary/aromatic N) is 1. The fourth-order valence-corrected chi connectivity index (χ4v) is 1.12. The van der Waals surface area contributed by atoms with Crippen molar-refractivity contribution in [2.75, 3.05) is 14.1 Å². The third-order valence-electron chi connectivity index (χ3n) is 1.82. The Morgan fingerprint density at radius 1 is 1.50 bits per heavy atom. The zero-order valence-corrected chi connectivity index (χ0v) is 9.35. The van der Waals surface area contributed by atoms with Crippen LogP contribution in [0.3, 0.4) is 0 Å². The summed E-state index contributed by atoms with van der Waals surface area (Å²) in [7, 11) is 3.47. The number of aryl methyl sites for hydroxylation is 1. The van der Waals surface area contributed by atoms with Gasteiger partial charge in [0.05, 0.1) is 0 Å². The zero-order valence-electron chi connectivity index (χ0n) is 9.35. The van der Waals surface area contributed by atoms with Crippen molar-refractivity contribution in [1.29, 1.82) is 0 Å². The van der Waals surface area contributed by atoms with Gasteiger partial charge in [-0.1, -0.05) is 0 Å². The van der Waals surface area contributed by atoms with Crippen LogP contribution in [0.15, 0.2) is 27.6 Å². The Hall–Kier alpha value is -2.04. The van der Waals surface area contributed by atoms with Gasteiger partial charge >= 0.3 is 5.63 Å². The summed E-state index contributed by atoms with van der Waals surface area (Å²) in [6.07, 6.45) is 2.68. The van der Waals surface area contributed by atoms with Gasteiger partial charge < -0.3 is 14.4 Å². The van der Waals surface area contributed by atoms with Gasteiger partial charge in [0.15, 0.2) is 5.78 Å². The molecule has 1 heterocycles. The Bertz CT molecular complexity index is 485. The average molecular weight is 223 g/mol. The quantitative estimate of drug-likeness (QED) is 0.609. The summed E-state index contributed by atoms with van der Waals surface area (Å²) in [4.78, 5) is 24.6. The minimum atomic E-state index is -0.828. The number of carbonyl (C=O) groups excluding carboxylic acids is 1. The van der Waals surface area contributed by atoms with Crippen molar-refractivity contribution in [2.24, 2.45) is 0 Å². The maximum absolute atomic E-state index is 11.6. The molecule has 0 aliphatic carbocycles. The van der Waals surface area contributed by atoms with E-state index in [0.717, 1.165) is 0 Å². The Morgan fingerprint density at radius 3 is 2.62 bits per heavy atom. The first-order valence-corrected chi connectivity index (χ1v) is 4.64. The third kappa shape index (κ3) is 2.73. The summed E-state index contributed by atoms with van der Waals surface area (Å²) in [5.41, 5.74) is -1.17. The first kappa shape index (κ1) is 12.0. The highest BCUT2D eigenvalue weighted by atomic mass is 16.4. The summed E-state index contributed by atoms with van der Waals surface area (Å²) < 4.78 is 4.73. The smallest absolute Gasteiger partial charge is 0.351 e. The molecule has 0 bridgehead atoms. The molecule has 0 spiro atoms. The lowest BCUT2D eigenvalue weighted by molar-refractivity contribution is 0.103. The van der Waals surface area contributed by atoms with Crippen molar-refractivity contribution in [3.05, 3.63) is 40.1 Å². The SMILES string of the molecule is Cc1cc(O)c(C(=O)/C=C\N(C)C)c(=O)o1. The minimum Gasteiger partial charge on any atom is -0.507 e. The van der Waals surface area contributed by atoms with Crippen molar-refractivity contribution >= 4 is 5.78 Å². The highest BCUT2D eigenvalue weighted by Gasteiger charge is 2.15. The van der Waals surface area contributed by atoms with Crippen molar-refractivity contribution in [2.45, 2.75) is 6.92 Å². The number of ketones is 1. The molecular formula is C11H13NO4. The molecule has 0 radical (unpaired) electrons. The van der Waals surface area contributed by atoms with E-state index in [1.807, 2.05) is 0 Å². The Labute approximate surface area is 92.6 Å². The number of allylic oxidation sites excluding steroid dienone is 1. The van der Waals surface area contributed by atoms with E-state index in [-0.39, 0.29) is 17.1 Å². The molecule has 0 atom stereocenters. The van der Waals surface area contributed by atoms with Crippen molar-refractivity contribution in [1.82, 2.24) is 4.90 Å². The molecule has 5 heteroatoms. The van der Waals surface area contributed by atoms with Gasteiger partial charge in [-0.15, -0.1) is 0 Å². The standard InChI is InChI=1S/C11H13NO4/c1-7-6-9(14)10(11(15)16-7)8(13)4-5-12(2)3/h4-6,14H,1-3H3/b5-4-. The normalized spacial score (nSPS) is 10.7. The fraction of sp³-hybridized carbons (Fsp3) is 0.273. The number of rotatable bonds is 3. The van der Waals surface area contributed by atoms with Gasteiger partial charge in [0.1, 0.15) is 17.1 Å². The van der Waals surface area contributed by atoms with E-state index in [9.17, 15) is 14.7 Å². The predicted octanol–water partition coefficient (Wildman–Crippen LogP) is 0.912. The molecule has 0 aliphatic rings. The van der Waals surface area contributed by atoms with E-state index in [1.165, 1.54) is 25.3 Å². The second-order valence-electron chi connectivity index (χ2n) is 3.55. The summed E-state index contributed by atoms with van der Waals surface area (Å²) in [5, 5.41) is 9.48. The van der Waals surface area contributed by atoms with Crippen LogP contribution in [-0.4, -0.2) is 29.9 Å². The van der Waals surface area contributed by atoms with Crippen LogP contribution in [0.2, 0.25) is 0 Å². The Kier molecular flexibility index (Phi) is 3.50. The van der Waals surface area contributed by atoms with Crippen LogP contribution in [0.25, 0.3) is 0 Å². The highest BCUT2D eigenvalue weighted by Crippen LogP contribution is 2.15. The lowest BCUT2D eigenvalue weighted by Gasteiger charge is -2.03. The molecule has 5 nitrogen and oxygen atoms in total. The monoisotopic (exact) mass is 223 g/mol. The average Bonchev–Trinajstić information content (AvgIpc) is 2.12. The number of aromatic hydroxyl groups is 1. The Morgan fingerprint density at radius 2 is 2.12 bits per heavy atom. The number of carbonyl (C=O) groups is 1. The summed E-state index contributed by atoms with van der Waals surface area (Å²) in [6, 6.07) is 1.23. The van der Waals surface area contributed by atoms with Crippen LogP contribution in [-0.2, 0) is 0 Å². The maximum Gasteiger partial charge on any atom is 0.351 e. The molecule has 16 heavy (non-hydrogen) atoms.